The van der Waals surface area contributed by atoms with Crippen LogP contribution in [0.5, 0.6) is 0 Å². The lowest BCUT2D eigenvalue weighted by atomic mass is 9.99. The van der Waals surface area contributed by atoms with Crippen molar-refractivity contribution in [2.45, 2.75) is 29.9 Å². The molecule has 0 N–H and O–H groups in total. The van der Waals surface area contributed by atoms with E-state index in [1.54, 1.807) is 4.90 Å². The molecule has 2 aromatic rings. The van der Waals surface area contributed by atoms with E-state index in [0.717, 1.165) is 5.56 Å². The first-order valence-corrected chi connectivity index (χ1v) is 10.7. The van der Waals surface area contributed by atoms with Crippen molar-refractivity contribution in [3.63, 3.8) is 0 Å². The Bertz CT molecular complexity index is 1000. The van der Waals surface area contributed by atoms with Crippen molar-refractivity contribution in [2.75, 3.05) is 19.6 Å². The lowest BCUT2D eigenvalue weighted by Crippen LogP contribution is -2.56. The van der Waals surface area contributed by atoms with Gasteiger partial charge in [0.1, 0.15) is 16.5 Å². The van der Waals surface area contributed by atoms with E-state index in [-0.39, 0.29) is 30.8 Å². The van der Waals surface area contributed by atoms with Crippen LogP contribution in [0, 0.1) is 0 Å². The minimum atomic E-state index is -3.50. The zero-order valence-electron chi connectivity index (χ0n) is 15.1. The number of carbonyl (C=O) groups excluding carboxylic acids is 1. The van der Waals surface area contributed by atoms with Crippen molar-refractivity contribution in [3.05, 3.63) is 60.2 Å². The van der Waals surface area contributed by atoms with Crippen LogP contribution in [0.2, 0.25) is 0 Å². The number of benzene rings is 1. The maximum Gasteiger partial charge on any atom is 0.274 e. The largest absolute Gasteiger partial charge is 0.365 e. The van der Waals surface area contributed by atoms with Crippen molar-refractivity contribution in [2.24, 2.45) is 0 Å². The van der Waals surface area contributed by atoms with Crippen LogP contribution in [0.4, 0.5) is 0 Å². The molecule has 0 radical (unpaired) electrons. The van der Waals surface area contributed by atoms with Crippen molar-refractivity contribution in [1.29, 1.82) is 0 Å². The molecule has 3 saturated heterocycles. The topological polar surface area (TPSA) is 92.7 Å². The monoisotopic (exact) mass is 400 g/mol. The molecule has 4 heterocycles. The molecule has 8 nitrogen and oxygen atoms in total. The molecule has 28 heavy (non-hydrogen) atoms. The Labute approximate surface area is 163 Å². The highest BCUT2D eigenvalue weighted by Gasteiger charge is 2.65. The van der Waals surface area contributed by atoms with Gasteiger partial charge >= 0.3 is 0 Å². The van der Waals surface area contributed by atoms with E-state index in [1.807, 2.05) is 30.3 Å². The standard InChI is InChI=1S/C19H20N4O4S/c24-18(16-9-20-6-7-21-16)22-11-15-8-17-19(12-22,27-15)13-23(28(17,25)26)10-14-4-2-1-3-5-14/h1-7,9,15,17H,8,10-13H2/t15-,17+,19+/m0/s1. The minimum Gasteiger partial charge on any atom is -0.365 e. The van der Waals surface area contributed by atoms with Crippen LogP contribution in [0.25, 0.3) is 0 Å². The van der Waals surface area contributed by atoms with Gasteiger partial charge in [-0.15, -0.1) is 0 Å². The molecule has 1 aromatic heterocycles. The highest BCUT2D eigenvalue weighted by molar-refractivity contribution is 7.90. The zero-order chi connectivity index (χ0) is 19.4. The van der Waals surface area contributed by atoms with Gasteiger partial charge in [0.05, 0.1) is 18.8 Å². The first kappa shape index (κ1) is 17.7. The minimum absolute atomic E-state index is 0.236. The summed E-state index contributed by atoms with van der Waals surface area (Å²) in [5.41, 5.74) is 0.315. The number of likely N-dealkylation sites (tertiary alicyclic amines) is 1. The van der Waals surface area contributed by atoms with E-state index in [2.05, 4.69) is 9.97 Å². The van der Waals surface area contributed by atoms with Gasteiger partial charge in [0, 0.05) is 32.0 Å². The normalized spacial score (nSPS) is 30.9. The van der Waals surface area contributed by atoms with Gasteiger partial charge in [-0.2, -0.15) is 4.31 Å². The van der Waals surface area contributed by atoms with Gasteiger partial charge in [0.15, 0.2) is 0 Å². The summed E-state index contributed by atoms with van der Waals surface area (Å²) >= 11 is 0. The number of morpholine rings is 1. The van der Waals surface area contributed by atoms with Gasteiger partial charge in [-0.1, -0.05) is 30.3 Å². The van der Waals surface area contributed by atoms with Gasteiger partial charge in [-0.05, 0) is 12.0 Å². The fourth-order valence-corrected chi connectivity index (χ4v) is 6.90. The molecule has 3 atom stereocenters. The molecule has 3 aliphatic heterocycles. The number of sulfonamides is 1. The molecule has 146 valence electrons. The summed E-state index contributed by atoms with van der Waals surface area (Å²) in [5, 5.41) is -0.617. The van der Waals surface area contributed by atoms with Crippen LogP contribution in [-0.2, 0) is 21.3 Å². The number of fused-ring (bicyclic) bond motifs is 1. The van der Waals surface area contributed by atoms with Gasteiger partial charge in [0.2, 0.25) is 10.0 Å². The molecular weight excluding hydrogens is 380 g/mol. The summed E-state index contributed by atoms with van der Waals surface area (Å²) in [5.74, 6) is -0.236. The number of rotatable bonds is 3. The van der Waals surface area contributed by atoms with E-state index in [1.165, 1.54) is 22.9 Å². The summed E-state index contributed by atoms with van der Waals surface area (Å²) in [6.45, 7) is 1.19. The van der Waals surface area contributed by atoms with Crippen LogP contribution in [0.3, 0.4) is 0 Å². The van der Waals surface area contributed by atoms with E-state index in [0.29, 0.717) is 19.5 Å². The number of ether oxygens (including phenoxy) is 1. The van der Waals surface area contributed by atoms with Crippen LogP contribution in [0.15, 0.2) is 48.9 Å². The predicted molar refractivity (Wildman–Crippen MR) is 99.7 cm³/mol. The Morgan fingerprint density at radius 3 is 2.79 bits per heavy atom. The number of hydrogen-bond donors (Lipinski definition) is 0. The molecule has 1 amide bonds. The van der Waals surface area contributed by atoms with Crippen molar-refractivity contribution in [1.82, 2.24) is 19.2 Å². The maximum absolute atomic E-state index is 13.2. The van der Waals surface area contributed by atoms with Crippen LogP contribution in [-0.4, -0.2) is 70.1 Å². The number of carbonyl (C=O) groups is 1. The van der Waals surface area contributed by atoms with Crippen molar-refractivity contribution < 1.29 is 17.9 Å². The molecule has 9 heteroatoms. The third kappa shape index (κ3) is 2.73. The molecule has 2 bridgehead atoms. The fourth-order valence-electron chi connectivity index (χ4n) is 4.60. The van der Waals surface area contributed by atoms with E-state index in [4.69, 9.17) is 4.74 Å². The molecule has 5 rings (SSSR count). The number of aromatic nitrogens is 2. The first-order chi connectivity index (χ1) is 13.5. The Morgan fingerprint density at radius 1 is 1.21 bits per heavy atom. The summed E-state index contributed by atoms with van der Waals surface area (Å²) in [7, 11) is -3.50. The second-order valence-electron chi connectivity index (χ2n) is 7.60. The number of amides is 1. The smallest absolute Gasteiger partial charge is 0.274 e. The molecule has 0 saturated carbocycles. The number of nitrogens with zero attached hydrogens (tertiary/aromatic N) is 4. The van der Waals surface area contributed by atoms with Crippen LogP contribution in [0.1, 0.15) is 22.5 Å². The van der Waals surface area contributed by atoms with E-state index >= 15 is 0 Å². The summed E-state index contributed by atoms with van der Waals surface area (Å²) in [4.78, 5) is 22.5. The molecule has 3 fully saturated rings. The zero-order valence-corrected chi connectivity index (χ0v) is 16.0. The Kier molecular flexibility index (Phi) is 4.01. The molecule has 1 spiro atoms. The third-order valence-corrected chi connectivity index (χ3v) is 8.10. The maximum atomic E-state index is 13.2. The second kappa shape index (κ2) is 6.33. The summed E-state index contributed by atoms with van der Waals surface area (Å²) < 4.78 is 34.0. The van der Waals surface area contributed by atoms with Crippen LogP contribution < -0.4 is 0 Å². The summed E-state index contributed by atoms with van der Waals surface area (Å²) in [6.07, 6.45) is 4.57. The third-order valence-electron chi connectivity index (χ3n) is 5.78. The lowest BCUT2D eigenvalue weighted by Gasteiger charge is -2.39. The van der Waals surface area contributed by atoms with Crippen molar-refractivity contribution in [3.8, 4) is 0 Å². The van der Waals surface area contributed by atoms with E-state index < -0.39 is 20.9 Å². The number of hydrogen-bond acceptors (Lipinski definition) is 6. The van der Waals surface area contributed by atoms with Gasteiger partial charge in [-0.25, -0.2) is 13.4 Å². The molecular formula is C19H20N4O4S. The van der Waals surface area contributed by atoms with E-state index in [9.17, 15) is 13.2 Å². The fraction of sp³-hybridized carbons (Fsp3) is 0.421. The molecule has 1 aromatic carbocycles. The van der Waals surface area contributed by atoms with Gasteiger partial charge in [-0.3, -0.25) is 9.78 Å². The molecule has 0 unspecified atom stereocenters. The summed E-state index contributed by atoms with van der Waals surface area (Å²) in [6, 6.07) is 9.52. The molecule has 3 aliphatic rings. The lowest BCUT2D eigenvalue weighted by molar-refractivity contribution is -0.0981. The average molecular weight is 400 g/mol. The van der Waals surface area contributed by atoms with Gasteiger partial charge in [0.25, 0.3) is 5.91 Å². The van der Waals surface area contributed by atoms with Crippen molar-refractivity contribution >= 4 is 15.9 Å². The van der Waals surface area contributed by atoms with Crippen LogP contribution >= 0.6 is 0 Å². The SMILES string of the molecule is O=C(c1cnccn1)N1C[C@@H]2C[C@@H]3[C@@](C1)(CN(Cc1ccccc1)S3(=O)=O)O2. The molecule has 0 aliphatic carbocycles. The Morgan fingerprint density at radius 2 is 2.04 bits per heavy atom. The Balaban J connectivity index is 1.42. The average Bonchev–Trinajstić information content (AvgIpc) is 3.08. The second-order valence-corrected chi connectivity index (χ2v) is 9.72. The highest BCUT2D eigenvalue weighted by atomic mass is 32.2. The Hall–Kier alpha value is -2.36. The first-order valence-electron chi connectivity index (χ1n) is 9.24. The highest BCUT2D eigenvalue weighted by Crippen LogP contribution is 2.47. The van der Waals surface area contributed by atoms with Gasteiger partial charge < -0.3 is 9.64 Å². The quantitative estimate of drug-likeness (QED) is 0.752. The predicted octanol–water partition coefficient (Wildman–Crippen LogP) is 0.674.